The van der Waals surface area contributed by atoms with Crippen molar-refractivity contribution in [2.75, 3.05) is 18.0 Å². The maximum Gasteiger partial charge on any atom is 0.287 e. The van der Waals surface area contributed by atoms with Gasteiger partial charge in [-0.3, -0.25) is 4.79 Å². The normalized spacial score (nSPS) is 13.4. The van der Waals surface area contributed by atoms with Gasteiger partial charge >= 0.3 is 0 Å². The Bertz CT molecular complexity index is 1200. The van der Waals surface area contributed by atoms with Crippen molar-refractivity contribution in [1.29, 1.82) is 0 Å². The molecule has 0 atom stereocenters. The van der Waals surface area contributed by atoms with Crippen molar-refractivity contribution in [2.24, 2.45) is 0 Å². The van der Waals surface area contributed by atoms with Gasteiger partial charge in [-0.05, 0) is 42.7 Å². The fourth-order valence-corrected chi connectivity index (χ4v) is 4.01. The molecule has 1 amide bonds. The maximum absolute atomic E-state index is 13.0. The quantitative estimate of drug-likeness (QED) is 0.453. The summed E-state index contributed by atoms with van der Waals surface area (Å²) < 4.78 is 11.8. The van der Waals surface area contributed by atoms with Crippen molar-refractivity contribution in [3.63, 3.8) is 0 Å². The van der Waals surface area contributed by atoms with Gasteiger partial charge in [0.15, 0.2) is 5.76 Å². The second kappa shape index (κ2) is 9.14. The Kier molecular flexibility index (Phi) is 5.75. The van der Waals surface area contributed by atoms with Gasteiger partial charge in [-0.2, -0.15) is 0 Å². The Morgan fingerprint density at radius 3 is 2.56 bits per heavy atom. The number of nitrogens with zero attached hydrogens (tertiary/aromatic N) is 2. The highest BCUT2D eigenvalue weighted by Gasteiger charge is 2.21. The number of carbonyl (C=O) groups excluding carboxylic acids is 1. The van der Waals surface area contributed by atoms with Crippen molar-refractivity contribution in [2.45, 2.75) is 26.0 Å². The number of fused-ring (bicyclic) bond motifs is 1. The molecule has 0 aliphatic carbocycles. The van der Waals surface area contributed by atoms with E-state index in [4.69, 9.17) is 9.15 Å². The molecule has 6 nitrogen and oxygen atoms in total. The van der Waals surface area contributed by atoms with Crippen LogP contribution in [0.4, 0.5) is 5.82 Å². The molecule has 0 bridgehead atoms. The second-order valence-electron chi connectivity index (χ2n) is 7.91. The van der Waals surface area contributed by atoms with Crippen LogP contribution >= 0.6 is 0 Å². The van der Waals surface area contributed by atoms with E-state index in [0.29, 0.717) is 12.1 Å². The van der Waals surface area contributed by atoms with Gasteiger partial charge in [0, 0.05) is 36.8 Å². The van der Waals surface area contributed by atoms with Crippen LogP contribution in [0.5, 0.6) is 5.75 Å². The van der Waals surface area contributed by atoms with Crippen LogP contribution in [0, 0.1) is 0 Å². The summed E-state index contributed by atoms with van der Waals surface area (Å²) in [6.45, 7) is 2.74. The SMILES string of the molecule is O=C(NCc1ccc(N2CCCC2)nc1)c1oc2ccccc2c1COc1ccccc1. The molecule has 162 valence electrons. The highest BCUT2D eigenvalue weighted by atomic mass is 16.5. The summed E-state index contributed by atoms with van der Waals surface area (Å²) in [5.74, 6) is 1.75. The summed E-state index contributed by atoms with van der Waals surface area (Å²) >= 11 is 0. The summed E-state index contributed by atoms with van der Waals surface area (Å²) in [7, 11) is 0. The first-order valence-electron chi connectivity index (χ1n) is 10.9. The highest BCUT2D eigenvalue weighted by Crippen LogP contribution is 2.27. The molecule has 0 unspecified atom stereocenters. The molecule has 5 rings (SSSR count). The Balaban J connectivity index is 1.30. The lowest BCUT2D eigenvalue weighted by molar-refractivity contribution is 0.0922. The predicted molar refractivity (Wildman–Crippen MR) is 124 cm³/mol. The number of carbonyl (C=O) groups is 1. The zero-order valence-electron chi connectivity index (χ0n) is 17.8. The summed E-state index contributed by atoms with van der Waals surface area (Å²) in [6.07, 6.45) is 4.26. The number of rotatable bonds is 7. The van der Waals surface area contributed by atoms with Crippen LogP contribution in [-0.2, 0) is 13.2 Å². The highest BCUT2D eigenvalue weighted by molar-refractivity contribution is 5.99. The molecule has 0 radical (unpaired) electrons. The monoisotopic (exact) mass is 427 g/mol. The van der Waals surface area contributed by atoms with Crippen LogP contribution in [0.2, 0.25) is 0 Å². The van der Waals surface area contributed by atoms with Crippen LogP contribution < -0.4 is 15.0 Å². The predicted octanol–water partition coefficient (Wildman–Crippen LogP) is 4.94. The Hall–Kier alpha value is -3.80. The van der Waals surface area contributed by atoms with E-state index in [1.54, 1.807) is 0 Å². The summed E-state index contributed by atoms with van der Waals surface area (Å²) in [5.41, 5.74) is 2.35. The third-order valence-electron chi connectivity index (χ3n) is 5.72. The summed E-state index contributed by atoms with van der Waals surface area (Å²) in [5, 5.41) is 3.84. The summed E-state index contributed by atoms with van der Waals surface area (Å²) in [4.78, 5) is 19.9. The van der Waals surface area contributed by atoms with E-state index in [0.717, 1.165) is 41.2 Å². The van der Waals surface area contributed by atoms with Crippen LogP contribution in [-0.4, -0.2) is 24.0 Å². The Morgan fingerprint density at radius 1 is 1.00 bits per heavy atom. The third kappa shape index (κ3) is 4.30. The lowest BCUT2D eigenvalue weighted by Crippen LogP contribution is -2.24. The zero-order chi connectivity index (χ0) is 21.8. The summed E-state index contributed by atoms with van der Waals surface area (Å²) in [6, 6.07) is 21.2. The molecular formula is C26H25N3O3. The van der Waals surface area contributed by atoms with Crippen LogP contribution in [0.1, 0.15) is 34.5 Å². The number of pyridine rings is 1. The molecule has 2 aromatic carbocycles. The molecule has 1 aliphatic heterocycles. The molecule has 1 aliphatic rings. The van der Waals surface area contributed by atoms with E-state index in [1.165, 1.54) is 12.8 Å². The zero-order valence-corrected chi connectivity index (χ0v) is 17.8. The van der Waals surface area contributed by atoms with Crippen molar-refractivity contribution in [3.8, 4) is 5.75 Å². The Morgan fingerprint density at radius 2 is 1.78 bits per heavy atom. The number of nitrogens with one attached hydrogen (secondary N) is 1. The van der Waals surface area contributed by atoms with Gasteiger partial charge in [-0.25, -0.2) is 4.98 Å². The third-order valence-corrected chi connectivity index (χ3v) is 5.72. The van der Waals surface area contributed by atoms with Gasteiger partial charge in [0.2, 0.25) is 0 Å². The van der Waals surface area contributed by atoms with Gasteiger partial charge < -0.3 is 19.4 Å². The van der Waals surface area contributed by atoms with E-state index in [2.05, 4.69) is 15.2 Å². The molecule has 1 fully saturated rings. The fourth-order valence-electron chi connectivity index (χ4n) is 4.01. The number of anilines is 1. The first-order chi connectivity index (χ1) is 15.8. The molecule has 0 spiro atoms. The van der Waals surface area contributed by atoms with E-state index in [1.807, 2.05) is 72.9 Å². The van der Waals surface area contributed by atoms with Gasteiger partial charge in [-0.15, -0.1) is 0 Å². The van der Waals surface area contributed by atoms with Gasteiger partial charge in [-0.1, -0.05) is 42.5 Å². The maximum atomic E-state index is 13.0. The minimum atomic E-state index is -0.267. The molecule has 1 N–H and O–H groups in total. The van der Waals surface area contributed by atoms with Crippen molar-refractivity contribution in [3.05, 3.63) is 89.8 Å². The largest absolute Gasteiger partial charge is 0.489 e. The van der Waals surface area contributed by atoms with Crippen molar-refractivity contribution >= 4 is 22.7 Å². The lowest BCUT2D eigenvalue weighted by atomic mass is 10.1. The van der Waals surface area contributed by atoms with Crippen molar-refractivity contribution in [1.82, 2.24) is 10.3 Å². The van der Waals surface area contributed by atoms with Gasteiger partial charge in [0.05, 0.1) is 0 Å². The number of furan rings is 1. The molecular weight excluding hydrogens is 402 g/mol. The number of ether oxygens (including phenoxy) is 1. The number of para-hydroxylation sites is 2. The van der Waals surface area contributed by atoms with Gasteiger partial charge in [0.25, 0.3) is 5.91 Å². The second-order valence-corrected chi connectivity index (χ2v) is 7.91. The number of aromatic nitrogens is 1. The lowest BCUT2D eigenvalue weighted by Gasteiger charge is -2.16. The number of amides is 1. The fraction of sp³-hybridized carbons (Fsp3) is 0.231. The molecule has 6 heteroatoms. The van der Waals surface area contributed by atoms with Crippen molar-refractivity contribution < 1.29 is 13.9 Å². The minimum absolute atomic E-state index is 0.246. The topological polar surface area (TPSA) is 67.6 Å². The molecule has 32 heavy (non-hydrogen) atoms. The number of benzene rings is 2. The number of hydrogen-bond donors (Lipinski definition) is 1. The smallest absolute Gasteiger partial charge is 0.287 e. The minimum Gasteiger partial charge on any atom is -0.489 e. The molecule has 0 saturated carbocycles. The molecule has 2 aromatic heterocycles. The van der Waals surface area contributed by atoms with Crippen LogP contribution in [0.15, 0.2) is 77.3 Å². The molecule has 4 aromatic rings. The van der Waals surface area contributed by atoms with E-state index < -0.39 is 0 Å². The first-order valence-corrected chi connectivity index (χ1v) is 10.9. The number of hydrogen-bond acceptors (Lipinski definition) is 5. The van der Waals surface area contributed by atoms with Crippen LogP contribution in [0.3, 0.4) is 0 Å². The van der Waals surface area contributed by atoms with E-state index in [9.17, 15) is 4.79 Å². The standard InChI is InChI=1S/C26H25N3O3/c30-26(28-17-19-12-13-24(27-16-19)29-14-6-7-15-29)25-22(18-31-20-8-2-1-3-9-20)21-10-4-5-11-23(21)32-25/h1-5,8-13,16H,6-7,14-15,17-18H2,(H,28,30). The average Bonchev–Trinajstić information content (AvgIpc) is 3.51. The van der Waals surface area contributed by atoms with Gasteiger partial charge in [0.1, 0.15) is 23.8 Å². The Labute approximate surface area is 186 Å². The van der Waals surface area contributed by atoms with Crippen LogP contribution in [0.25, 0.3) is 11.0 Å². The average molecular weight is 428 g/mol. The first kappa shape index (κ1) is 20.1. The molecule has 3 heterocycles. The van der Waals surface area contributed by atoms with E-state index >= 15 is 0 Å². The van der Waals surface area contributed by atoms with E-state index in [-0.39, 0.29) is 18.3 Å². The molecule has 1 saturated heterocycles.